The standard InChI is InChI=1S/C25H21N3OS/c1-3-28(4-2)25(30)29-16-13-14-21-22(15-16)27-24-20-12-8-6-10-18(20)17-9-5-7-11-19(17)23(24)26-21/h5-15H,3-4H2,1-2H3. The van der Waals surface area contributed by atoms with Gasteiger partial charge in [0.1, 0.15) is 5.75 Å². The van der Waals surface area contributed by atoms with Crippen molar-refractivity contribution in [2.75, 3.05) is 13.1 Å². The zero-order valence-electron chi connectivity index (χ0n) is 16.9. The predicted octanol–water partition coefficient (Wildman–Crippen LogP) is 6.09. The molecule has 0 aliphatic heterocycles. The van der Waals surface area contributed by atoms with Crippen LogP contribution >= 0.6 is 12.2 Å². The van der Waals surface area contributed by atoms with Crippen LogP contribution in [0.2, 0.25) is 0 Å². The van der Waals surface area contributed by atoms with Crippen LogP contribution in [0.25, 0.3) is 43.6 Å². The molecule has 0 radical (unpaired) electrons. The van der Waals surface area contributed by atoms with Crippen LogP contribution in [0.4, 0.5) is 0 Å². The minimum absolute atomic E-state index is 0.476. The number of aromatic nitrogens is 2. The maximum atomic E-state index is 5.93. The molecule has 0 fully saturated rings. The molecule has 0 unspecified atom stereocenters. The Kier molecular flexibility index (Phi) is 4.68. The van der Waals surface area contributed by atoms with Gasteiger partial charge >= 0.3 is 0 Å². The molecule has 30 heavy (non-hydrogen) atoms. The molecule has 0 aliphatic carbocycles. The van der Waals surface area contributed by atoms with Crippen molar-refractivity contribution in [2.24, 2.45) is 0 Å². The molecule has 0 atom stereocenters. The first kappa shape index (κ1) is 18.7. The summed E-state index contributed by atoms with van der Waals surface area (Å²) in [5, 5.41) is 5.07. The summed E-state index contributed by atoms with van der Waals surface area (Å²) in [5.74, 6) is 0.679. The molecule has 4 aromatic carbocycles. The third-order valence-corrected chi connectivity index (χ3v) is 5.86. The summed E-state index contributed by atoms with van der Waals surface area (Å²) >= 11 is 5.44. The highest BCUT2D eigenvalue weighted by Gasteiger charge is 2.13. The van der Waals surface area contributed by atoms with Gasteiger partial charge in [0.15, 0.2) is 0 Å². The Morgan fingerprint density at radius 3 is 1.87 bits per heavy atom. The first-order chi connectivity index (χ1) is 14.7. The van der Waals surface area contributed by atoms with Crippen molar-refractivity contribution in [3.05, 3.63) is 66.7 Å². The fourth-order valence-electron chi connectivity index (χ4n) is 3.97. The SMILES string of the molecule is CCN(CC)C(=S)Oc1ccc2nc3c4ccccc4c4ccccc4c3nc2c1. The molecule has 0 aliphatic rings. The monoisotopic (exact) mass is 411 g/mol. The van der Waals surface area contributed by atoms with Gasteiger partial charge in [0, 0.05) is 29.9 Å². The number of nitrogens with zero attached hydrogens (tertiary/aromatic N) is 3. The molecule has 0 amide bonds. The van der Waals surface area contributed by atoms with E-state index in [0.717, 1.165) is 45.9 Å². The van der Waals surface area contributed by atoms with Gasteiger partial charge in [-0.15, -0.1) is 0 Å². The topological polar surface area (TPSA) is 38.2 Å². The Bertz CT molecular complexity index is 1430. The molecule has 5 aromatic rings. The first-order valence-electron chi connectivity index (χ1n) is 10.2. The zero-order valence-corrected chi connectivity index (χ0v) is 17.7. The predicted molar refractivity (Wildman–Crippen MR) is 128 cm³/mol. The normalized spacial score (nSPS) is 11.4. The molecule has 0 saturated heterocycles. The van der Waals surface area contributed by atoms with Crippen LogP contribution in [0.1, 0.15) is 13.8 Å². The Morgan fingerprint density at radius 1 is 0.767 bits per heavy atom. The number of hydrogen-bond donors (Lipinski definition) is 0. The summed E-state index contributed by atoms with van der Waals surface area (Å²) in [6.07, 6.45) is 0. The number of benzene rings is 4. The second kappa shape index (κ2) is 7.50. The van der Waals surface area contributed by atoms with Gasteiger partial charge in [0.05, 0.1) is 22.1 Å². The van der Waals surface area contributed by atoms with Gasteiger partial charge in [0.2, 0.25) is 0 Å². The van der Waals surface area contributed by atoms with E-state index in [1.807, 2.05) is 35.2 Å². The van der Waals surface area contributed by atoms with E-state index in [-0.39, 0.29) is 0 Å². The molecule has 0 N–H and O–H groups in total. The minimum Gasteiger partial charge on any atom is -0.432 e. The number of rotatable bonds is 3. The van der Waals surface area contributed by atoms with Gasteiger partial charge in [-0.25, -0.2) is 9.97 Å². The fourth-order valence-corrected chi connectivity index (χ4v) is 4.32. The van der Waals surface area contributed by atoms with Crippen LogP contribution < -0.4 is 4.74 Å². The van der Waals surface area contributed by atoms with Crippen LogP contribution in [-0.2, 0) is 0 Å². The molecule has 0 spiro atoms. The van der Waals surface area contributed by atoms with E-state index < -0.39 is 0 Å². The zero-order chi connectivity index (χ0) is 20.7. The lowest BCUT2D eigenvalue weighted by Crippen LogP contribution is -2.32. The van der Waals surface area contributed by atoms with Gasteiger partial charge < -0.3 is 9.64 Å². The maximum absolute atomic E-state index is 5.93. The Balaban J connectivity index is 1.73. The molecule has 4 nitrogen and oxygen atoms in total. The van der Waals surface area contributed by atoms with Gasteiger partial charge in [-0.2, -0.15) is 0 Å². The largest absolute Gasteiger partial charge is 0.432 e. The number of thiocarbonyl (C=S) groups is 1. The molecule has 0 saturated carbocycles. The summed E-state index contributed by atoms with van der Waals surface area (Å²) in [6, 6.07) is 22.5. The van der Waals surface area contributed by atoms with Crippen LogP contribution in [0.5, 0.6) is 5.75 Å². The van der Waals surface area contributed by atoms with Crippen LogP contribution in [0, 0.1) is 0 Å². The van der Waals surface area contributed by atoms with Crippen LogP contribution in [0.15, 0.2) is 66.7 Å². The first-order valence-corrected chi connectivity index (χ1v) is 10.6. The second-order valence-corrected chi connectivity index (χ2v) is 7.55. The van der Waals surface area contributed by atoms with E-state index >= 15 is 0 Å². The second-order valence-electron chi connectivity index (χ2n) is 7.20. The average Bonchev–Trinajstić information content (AvgIpc) is 2.79. The Labute approximate surface area is 180 Å². The molecule has 5 heteroatoms. The molecular formula is C25H21N3OS. The van der Waals surface area contributed by atoms with Crippen molar-refractivity contribution in [1.29, 1.82) is 0 Å². The highest BCUT2D eigenvalue weighted by molar-refractivity contribution is 7.80. The number of hydrogen-bond acceptors (Lipinski definition) is 4. The van der Waals surface area contributed by atoms with Crippen molar-refractivity contribution in [3.8, 4) is 5.75 Å². The third-order valence-electron chi connectivity index (χ3n) is 5.52. The van der Waals surface area contributed by atoms with E-state index in [2.05, 4.69) is 50.2 Å². The van der Waals surface area contributed by atoms with Crippen molar-refractivity contribution < 1.29 is 4.74 Å². The van der Waals surface area contributed by atoms with Crippen molar-refractivity contribution >= 4 is 61.0 Å². The Morgan fingerprint density at radius 2 is 1.30 bits per heavy atom. The molecule has 5 rings (SSSR count). The summed E-state index contributed by atoms with van der Waals surface area (Å²) in [5.41, 5.74) is 3.45. The van der Waals surface area contributed by atoms with E-state index in [4.69, 9.17) is 26.9 Å². The van der Waals surface area contributed by atoms with E-state index in [1.165, 1.54) is 10.8 Å². The van der Waals surface area contributed by atoms with Crippen molar-refractivity contribution in [2.45, 2.75) is 13.8 Å². The van der Waals surface area contributed by atoms with E-state index in [9.17, 15) is 0 Å². The fraction of sp³-hybridized carbons (Fsp3) is 0.160. The smallest absolute Gasteiger partial charge is 0.264 e. The number of fused-ring (bicyclic) bond motifs is 7. The van der Waals surface area contributed by atoms with Crippen LogP contribution in [0.3, 0.4) is 0 Å². The van der Waals surface area contributed by atoms with Gasteiger partial charge in [-0.05, 0) is 49.0 Å². The van der Waals surface area contributed by atoms with Crippen molar-refractivity contribution in [3.63, 3.8) is 0 Å². The lowest BCUT2D eigenvalue weighted by molar-refractivity contribution is 0.379. The highest BCUT2D eigenvalue weighted by atomic mass is 32.1. The maximum Gasteiger partial charge on any atom is 0.264 e. The summed E-state index contributed by atoms with van der Waals surface area (Å²) < 4.78 is 5.93. The summed E-state index contributed by atoms with van der Waals surface area (Å²) in [4.78, 5) is 12.0. The minimum atomic E-state index is 0.476. The van der Waals surface area contributed by atoms with E-state index in [1.54, 1.807) is 0 Å². The van der Waals surface area contributed by atoms with Gasteiger partial charge in [-0.3, -0.25) is 0 Å². The summed E-state index contributed by atoms with van der Waals surface area (Å²) in [7, 11) is 0. The lowest BCUT2D eigenvalue weighted by Gasteiger charge is -2.21. The molecular weight excluding hydrogens is 390 g/mol. The highest BCUT2D eigenvalue weighted by Crippen LogP contribution is 2.34. The quantitative estimate of drug-likeness (QED) is 0.204. The Hall–Kier alpha value is -3.31. The van der Waals surface area contributed by atoms with Crippen LogP contribution in [-0.4, -0.2) is 33.1 Å². The lowest BCUT2D eigenvalue weighted by atomic mass is 9.99. The molecule has 0 bridgehead atoms. The van der Waals surface area contributed by atoms with Gasteiger partial charge in [-0.1, -0.05) is 48.5 Å². The molecule has 1 aromatic heterocycles. The average molecular weight is 412 g/mol. The molecule has 1 heterocycles. The van der Waals surface area contributed by atoms with E-state index in [0.29, 0.717) is 10.9 Å². The summed E-state index contributed by atoms with van der Waals surface area (Å²) in [6.45, 7) is 5.75. The number of ether oxygens (including phenoxy) is 1. The van der Waals surface area contributed by atoms with Crippen molar-refractivity contribution in [1.82, 2.24) is 14.9 Å². The molecule has 148 valence electrons. The third kappa shape index (κ3) is 3.02. The van der Waals surface area contributed by atoms with Gasteiger partial charge in [0.25, 0.3) is 5.17 Å².